The summed E-state index contributed by atoms with van der Waals surface area (Å²) in [7, 11) is 1.43. The van der Waals surface area contributed by atoms with Crippen LogP contribution in [0.3, 0.4) is 0 Å². The second kappa shape index (κ2) is 21.5. The number of amides is 3. The Balaban J connectivity index is 1.17. The third-order valence-corrected chi connectivity index (χ3v) is 13.2. The van der Waals surface area contributed by atoms with E-state index in [2.05, 4.69) is 39.2 Å². The van der Waals surface area contributed by atoms with Gasteiger partial charge in [0.05, 0.1) is 42.2 Å². The summed E-state index contributed by atoms with van der Waals surface area (Å²) >= 11 is 6.45. The number of benzene rings is 3. The molecule has 4 heterocycles. The number of aryl methyl sites for hydroxylation is 5. The first kappa shape index (κ1) is 49.9. The van der Waals surface area contributed by atoms with E-state index >= 15 is 0 Å². The second-order valence-electron chi connectivity index (χ2n) is 18.6. The number of para-hydroxylation sites is 1. The number of carbonyl (C=O) groups is 5. The van der Waals surface area contributed by atoms with Gasteiger partial charge in [-0.3, -0.25) is 28.9 Å². The Morgan fingerprint density at radius 1 is 0.926 bits per heavy atom. The lowest BCUT2D eigenvalue weighted by molar-refractivity contribution is -0.124. The number of nitrogens with zero attached hydrogens (tertiary/aromatic N) is 5. The number of hydrogen-bond acceptors (Lipinski definition) is 11. The van der Waals surface area contributed by atoms with Crippen LogP contribution < -0.4 is 15.4 Å². The highest BCUT2D eigenvalue weighted by Gasteiger charge is 2.43. The molecule has 3 amide bonds. The number of aromatic nitrogens is 3. The smallest absolute Gasteiger partial charge is 0.355 e. The number of halogens is 1. The molecule has 68 heavy (non-hydrogen) atoms. The van der Waals surface area contributed by atoms with Crippen LogP contribution in [0.1, 0.15) is 106 Å². The Bertz CT molecular complexity index is 2690. The SMILES string of the molecule is CNC(=O)C(CCC=O)N1C(=O)c2cccc(NCCCn3nc(C)c(-c4cccc5c(CCCOc6cc(C)c(Cl)c(C)c6)c(C(=O)OC(C)(C)C)n(CCN6CCOCC6)c45)c3C)c2C1=O. The molecule has 7 rings (SSSR count). The largest absolute Gasteiger partial charge is 0.494 e. The Hall–Kier alpha value is -6.03. The minimum absolute atomic E-state index is 0.0253. The minimum Gasteiger partial charge on any atom is -0.494 e. The molecule has 16 heteroatoms. The van der Waals surface area contributed by atoms with Gasteiger partial charge < -0.3 is 34.2 Å². The summed E-state index contributed by atoms with van der Waals surface area (Å²) in [4.78, 5) is 69.1. The van der Waals surface area contributed by atoms with Crippen molar-refractivity contribution in [3.63, 3.8) is 0 Å². The van der Waals surface area contributed by atoms with E-state index < -0.39 is 29.4 Å². The first-order valence-corrected chi connectivity index (χ1v) is 23.9. The predicted molar refractivity (Wildman–Crippen MR) is 263 cm³/mol. The number of rotatable bonds is 20. The van der Waals surface area contributed by atoms with Gasteiger partial charge in [0.25, 0.3) is 11.8 Å². The van der Waals surface area contributed by atoms with Crippen LogP contribution in [0.15, 0.2) is 48.5 Å². The van der Waals surface area contributed by atoms with E-state index in [0.29, 0.717) is 76.4 Å². The summed E-state index contributed by atoms with van der Waals surface area (Å²) in [6.07, 6.45) is 2.58. The van der Waals surface area contributed by atoms with Crippen molar-refractivity contribution in [2.45, 2.75) is 105 Å². The van der Waals surface area contributed by atoms with Crippen LogP contribution in [-0.2, 0) is 38.6 Å². The van der Waals surface area contributed by atoms with Gasteiger partial charge in [0.1, 0.15) is 29.4 Å². The molecule has 2 aromatic heterocycles. The first-order valence-electron chi connectivity index (χ1n) is 23.6. The molecule has 2 aliphatic heterocycles. The number of likely N-dealkylation sites (N-methyl/N-ethyl adjacent to an activating group) is 1. The number of anilines is 1. The summed E-state index contributed by atoms with van der Waals surface area (Å²) in [6, 6.07) is 14.1. The number of aldehydes is 1. The molecule has 2 N–H and O–H groups in total. The number of nitrogens with one attached hydrogen (secondary N) is 2. The second-order valence-corrected chi connectivity index (χ2v) is 19.0. The van der Waals surface area contributed by atoms with E-state index in [4.69, 9.17) is 30.9 Å². The van der Waals surface area contributed by atoms with Crippen LogP contribution >= 0.6 is 11.6 Å². The average molecular weight is 951 g/mol. The van der Waals surface area contributed by atoms with Crippen LogP contribution in [0.4, 0.5) is 5.69 Å². The van der Waals surface area contributed by atoms with Crippen LogP contribution in [0.2, 0.25) is 5.02 Å². The Labute approximate surface area is 403 Å². The molecular formula is C52H64ClN7O8. The summed E-state index contributed by atoms with van der Waals surface area (Å²) in [6.45, 7) is 19.3. The minimum atomic E-state index is -1.10. The topological polar surface area (TPSA) is 166 Å². The van der Waals surface area contributed by atoms with Crippen molar-refractivity contribution in [2.24, 2.45) is 0 Å². The lowest BCUT2D eigenvalue weighted by Gasteiger charge is -2.27. The quantitative estimate of drug-likeness (QED) is 0.0337. The standard InChI is InChI=1S/C52H64ClN7O8/c1-32-30-36(31-33(2)45(32)53)67-27-12-17-38-37-14-9-15-39(46(37)58(23-22-57-24-28-66-29-25-57)47(38)51(65)68-52(5,6)7)43-34(3)56-59(35(43)4)21-13-20-55-41-18-10-16-40-44(41)50(64)60(49(40)63)42(19-11-26-61)48(62)54-8/h9-10,14-16,18,26,30-31,42,55H,11-13,17,19-25,27-29H2,1-8H3,(H,54,62). The van der Waals surface area contributed by atoms with E-state index in [-0.39, 0.29) is 29.9 Å². The molecule has 15 nitrogen and oxygen atoms in total. The number of esters is 1. The van der Waals surface area contributed by atoms with Gasteiger partial charge in [0.2, 0.25) is 5.91 Å². The van der Waals surface area contributed by atoms with Gasteiger partial charge in [-0.2, -0.15) is 5.10 Å². The van der Waals surface area contributed by atoms with Crippen molar-refractivity contribution in [1.29, 1.82) is 0 Å². The van der Waals surface area contributed by atoms with Crippen LogP contribution in [0, 0.1) is 27.7 Å². The van der Waals surface area contributed by atoms with Crippen molar-refractivity contribution < 1.29 is 38.2 Å². The van der Waals surface area contributed by atoms with E-state index in [1.807, 2.05) is 64.4 Å². The van der Waals surface area contributed by atoms with Crippen molar-refractivity contribution in [2.75, 3.05) is 58.4 Å². The van der Waals surface area contributed by atoms with Crippen molar-refractivity contribution >= 4 is 58.2 Å². The summed E-state index contributed by atoms with van der Waals surface area (Å²) in [5.74, 6) is -1.26. The maximum Gasteiger partial charge on any atom is 0.355 e. The lowest BCUT2D eigenvalue weighted by atomic mass is 9.98. The van der Waals surface area contributed by atoms with Crippen molar-refractivity contribution in [3.05, 3.63) is 98.5 Å². The van der Waals surface area contributed by atoms with Crippen molar-refractivity contribution in [3.8, 4) is 16.9 Å². The van der Waals surface area contributed by atoms with Crippen molar-refractivity contribution in [1.82, 2.24) is 29.5 Å². The maximum absolute atomic E-state index is 14.5. The molecule has 0 aliphatic carbocycles. The Morgan fingerprint density at radius 3 is 2.32 bits per heavy atom. The van der Waals surface area contributed by atoms with Gasteiger partial charge in [0, 0.05) is 85.7 Å². The maximum atomic E-state index is 14.5. The van der Waals surface area contributed by atoms with Crippen LogP contribution in [0.5, 0.6) is 5.75 Å². The highest BCUT2D eigenvalue weighted by atomic mass is 35.5. The first-order chi connectivity index (χ1) is 32.5. The molecule has 362 valence electrons. The zero-order valence-electron chi connectivity index (χ0n) is 40.6. The molecular weight excluding hydrogens is 886 g/mol. The molecule has 0 spiro atoms. The van der Waals surface area contributed by atoms with Gasteiger partial charge in [0.15, 0.2) is 0 Å². The zero-order chi connectivity index (χ0) is 48.9. The third-order valence-electron chi connectivity index (χ3n) is 12.7. The average Bonchev–Trinajstić information content (AvgIpc) is 3.88. The fourth-order valence-corrected chi connectivity index (χ4v) is 9.58. The summed E-state index contributed by atoms with van der Waals surface area (Å²) < 4.78 is 22.3. The zero-order valence-corrected chi connectivity index (χ0v) is 41.3. The van der Waals surface area contributed by atoms with Gasteiger partial charge >= 0.3 is 5.97 Å². The Morgan fingerprint density at radius 2 is 1.63 bits per heavy atom. The lowest BCUT2D eigenvalue weighted by Crippen LogP contribution is -2.48. The van der Waals surface area contributed by atoms with E-state index in [1.54, 1.807) is 18.2 Å². The molecule has 1 fully saturated rings. The van der Waals surface area contributed by atoms with Gasteiger partial charge in [-0.05, 0) is 115 Å². The summed E-state index contributed by atoms with van der Waals surface area (Å²) in [5.41, 5.74) is 8.27. The molecule has 1 unspecified atom stereocenters. The number of ether oxygens (including phenoxy) is 3. The molecule has 1 saturated heterocycles. The van der Waals surface area contributed by atoms with E-state index in [0.717, 1.165) is 85.4 Å². The molecule has 1 atom stereocenters. The number of fused-ring (bicyclic) bond motifs is 2. The van der Waals surface area contributed by atoms with Gasteiger partial charge in [-0.15, -0.1) is 0 Å². The number of carbonyl (C=O) groups excluding carboxylic acids is 5. The molecule has 2 aliphatic rings. The summed E-state index contributed by atoms with van der Waals surface area (Å²) in [5, 5.41) is 12.6. The molecule has 0 saturated carbocycles. The van der Waals surface area contributed by atoms with Gasteiger partial charge in [-0.1, -0.05) is 35.9 Å². The van der Waals surface area contributed by atoms with E-state index in [1.165, 1.54) is 7.05 Å². The fraction of sp³-hybridized carbons (Fsp3) is 0.462. The third kappa shape index (κ3) is 10.6. The Kier molecular flexibility index (Phi) is 15.8. The normalized spacial score (nSPS) is 14.6. The van der Waals surface area contributed by atoms with Crippen LogP contribution in [0.25, 0.3) is 22.0 Å². The molecule has 0 bridgehead atoms. The predicted octanol–water partition coefficient (Wildman–Crippen LogP) is 7.88. The highest BCUT2D eigenvalue weighted by molar-refractivity contribution is 6.32. The monoisotopic (exact) mass is 949 g/mol. The highest BCUT2D eigenvalue weighted by Crippen LogP contribution is 2.39. The number of morpholine rings is 1. The number of imide groups is 1. The molecule has 3 aromatic carbocycles. The fourth-order valence-electron chi connectivity index (χ4n) is 9.47. The molecule has 0 radical (unpaired) electrons. The molecule has 5 aromatic rings. The van der Waals surface area contributed by atoms with Crippen LogP contribution in [-0.4, -0.2) is 119 Å². The van der Waals surface area contributed by atoms with Gasteiger partial charge in [-0.25, -0.2) is 4.79 Å². The number of hydrogen-bond donors (Lipinski definition) is 2. The van der Waals surface area contributed by atoms with E-state index in [9.17, 15) is 24.0 Å².